The third kappa shape index (κ3) is 1.48. The molecule has 0 atom stereocenters. The third-order valence-corrected chi connectivity index (χ3v) is 2.41. The summed E-state index contributed by atoms with van der Waals surface area (Å²) in [7, 11) is 1.58. The molecular weight excluding hydrogens is 188 g/mol. The first kappa shape index (κ1) is 8.40. The topological polar surface area (TPSA) is 43.6 Å². The maximum absolute atomic E-state index is 11.4. The largest absolute Gasteiger partial charge is 0.378 e. The van der Waals surface area contributed by atoms with Crippen LogP contribution in [0.25, 0.3) is 4.96 Å². The van der Waals surface area contributed by atoms with Crippen LogP contribution in [0.15, 0.2) is 22.4 Å². The Kier molecular flexibility index (Phi) is 2.12. The molecule has 0 unspecified atom stereocenters. The Balaban J connectivity index is 2.63. The van der Waals surface area contributed by atoms with Crippen molar-refractivity contribution in [1.82, 2.24) is 9.38 Å². The van der Waals surface area contributed by atoms with Crippen molar-refractivity contribution in [3.63, 3.8) is 0 Å². The van der Waals surface area contributed by atoms with E-state index in [0.29, 0.717) is 17.3 Å². The minimum absolute atomic E-state index is 0.0571. The number of hydrogen-bond acceptors (Lipinski definition) is 4. The molecule has 0 fully saturated rings. The first-order valence-corrected chi connectivity index (χ1v) is 4.64. The van der Waals surface area contributed by atoms with Gasteiger partial charge in [-0.05, 0) is 0 Å². The van der Waals surface area contributed by atoms with E-state index in [1.807, 2.05) is 5.38 Å². The van der Waals surface area contributed by atoms with Gasteiger partial charge in [0, 0.05) is 24.8 Å². The maximum atomic E-state index is 11.4. The van der Waals surface area contributed by atoms with Gasteiger partial charge in [-0.2, -0.15) is 0 Å². The number of nitrogens with zero attached hydrogens (tertiary/aromatic N) is 2. The van der Waals surface area contributed by atoms with Crippen LogP contribution in [0.1, 0.15) is 5.69 Å². The SMILES string of the molecule is COCc1cc(=O)n2ccsc2n1. The van der Waals surface area contributed by atoms with Crippen LogP contribution < -0.4 is 5.56 Å². The van der Waals surface area contributed by atoms with E-state index >= 15 is 0 Å². The molecule has 0 radical (unpaired) electrons. The van der Waals surface area contributed by atoms with Crippen molar-refractivity contribution in [1.29, 1.82) is 0 Å². The highest BCUT2D eigenvalue weighted by atomic mass is 32.1. The van der Waals surface area contributed by atoms with Crippen molar-refractivity contribution in [3.8, 4) is 0 Å². The Morgan fingerprint density at radius 2 is 2.54 bits per heavy atom. The predicted octanol–water partition coefficient (Wildman–Crippen LogP) is 0.902. The average Bonchev–Trinajstić information content (AvgIpc) is 2.53. The Morgan fingerprint density at radius 1 is 1.69 bits per heavy atom. The molecule has 13 heavy (non-hydrogen) atoms. The van der Waals surface area contributed by atoms with Gasteiger partial charge in [0.25, 0.3) is 5.56 Å². The number of rotatable bonds is 2. The van der Waals surface area contributed by atoms with Gasteiger partial charge in [0.05, 0.1) is 12.3 Å². The Labute approximate surface area is 78.4 Å². The Hall–Kier alpha value is -1.20. The van der Waals surface area contributed by atoms with Gasteiger partial charge in [0.1, 0.15) is 0 Å². The fourth-order valence-electron chi connectivity index (χ4n) is 1.11. The van der Waals surface area contributed by atoms with E-state index in [1.54, 1.807) is 13.3 Å². The lowest BCUT2D eigenvalue weighted by molar-refractivity contribution is 0.181. The normalized spacial score (nSPS) is 10.8. The zero-order valence-corrected chi connectivity index (χ0v) is 7.87. The molecule has 0 aliphatic carbocycles. The van der Waals surface area contributed by atoms with Gasteiger partial charge < -0.3 is 4.74 Å². The van der Waals surface area contributed by atoms with Crippen LogP contribution in [0, 0.1) is 0 Å². The number of hydrogen-bond donors (Lipinski definition) is 0. The van der Waals surface area contributed by atoms with Gasteiger partial charge in [-0.15, -0.1) is 11.3 Å². The number of thiazole rings is 1. The van der Waals surface area contributed by atoms with Crippen LogP contribution in [0.2, 0.25) is 0 Å². The Bertz CT molecular complexity index is 474. The highest BCUT2D eigenvalue weighted by molar-refractivity contribution is 7.15. The van der Waals surface area contributed by atoms with E-state index in [4.69, 9.17) is 4.74 Å². The minimum Gasteiger partial charge on any atom is -0.378 e. The molecule has 0 bridgehead atoms. The van der Waals surface area contributed by atoms with Gasteiger partial charge in [0.15, 0.2) is 4.96 Å². The number of methoxy groups -OCH3 is 1. The standard InChI is InChI=1S/C8H8N2O2S/c1-12-5-6-4-7(11)10-2-3-13-8(10)9-6/h2-4H,5H2,1H3. The first-order chi connectivity index (χ1) is 6.31. The molecule has 0 spiro atoms. The van der Waals surface area contributed by atoms with Crippen LogP contribution >= 0.6 is 11.3 Å². The number of aromatic nitrogens is 2. The first-order valence-electron chi connectivity index (χ1n) is 3.76. The quantitative estimate of drug-likeness (QED) is 0.716. The van der Waals surface area contributed by atoms with Crippen LogP contribution in [0.5, 0.6) is 0 Å². The minimum atomic E-state index is -0.0571. The molecule has 0 aromatic carbocycles. The van der Waals surface area contributed by atoms with E-state index in [-0.39, 0.29) is 5.56 Å². The van der Waals surface area contributed by atoms with E-state index in [9.17, 15) is 4.79 Å². The maximum Gasteiger partial charge on any atom is 0.258 e. The number of fused-ring (bicyclic) bond motifs is 1. The summed E-state index contributed by atoms with van der Waals surface area (Å²) in [4.78, 5) is 16.4. The van der Waals surface area contributed by atoms with Crippen LogP contribution in [-0.2, 0) is 11.3 Å². The summed E-state index contributed by atoms with van der Waals surface area (Å²) in [5, 5.41) is 1.83. The van der Waals surface area contributed by atoms with Gasteiger partial charge in [-0.3, -0.25) is 9.20 Å². The summed E-state index contributed by atoms with van der Waals surface area (Å²) in [5.74, 6) is 0. The van der Waals surface area contributed by atoms with Crippen molar-refractivity contribution >= 4 is 16.3 Å². The molecule has 0 saturated carbocycles. The lowest BCUT2D eigenvalue weighted by atomic mass is 10.4. The molecule has 4 nitrogen and oxygen atoms in total. The van der Waals surface area contributed by atoms with Crippen LogP contribution in [0.4, 0.5) is 0 Å². The summed E-state index contributed by atoms with van der Waals surface area (Å²) in [5.41, 5.74) is 0.619. The molecule has 0 aliphatic rings. The molecule has 0 saturated heterocycles. The second-order valence-electron chi connectivity index (χ2n) is 2.57. The highest BCUT2D eigenvalue weighted by Crippen LogP contribution is 2.06. The van der Waals surface area contributed by atoms with Crippen molar-refractivity contribution in [2.24, 2.45) is 0 Å². The average molecular weight is 196 g/mol. The zero-order valence-electron chi connectivity index (χ0n) is 7.06. The van der Waals surface area contributed by atoms with Gasteiger partial charge in [-0.25, -0.2) is 4.98 Å². The molecule has 0 aliphatic heterocycles. The fourth-order valence-corrected chi connectivity index (χ4v) is 1.85. The third-order valence-electron chi connectivity index (χ3n) is 1.65. The molecule has 0 N–H and O–H groups in total. The van der Waals surface area contributed by atoms with E-state index in [2.05, 4.69) is 4.98 Å². The highest BCUT2D eigenvalue weighted by Gasteiger charge is 2.01. The monoisotopic (exact) mass is 196 g/mol. The molecule has 2 aromatic heterocycles. The Morgan fingerprint density at radius 3 is 3.31 bits per heavy atom. The molecular formula is C8H8N2O2S. The molecule has 2 rings (SSSR count). The second kappa shape index (κ2) is 3.27. The molecule has 68 valence electrons. The van der Waals surface area contributed by atoms with Crippen LogP contribution in [-0.4, -0.2) is 16.5 Å². The summed E-state index contributed by atoms with van der Waals surface area (Å²) in [6.45, 7) is 0.379. The summed E-state index contributed by atoms with van der Waals surface area (Å²) < 4.78 is 6.42. The van der Waals surface area contributed by atoms with E-state index in [0.717, 1.165) is 0 Å². The smallest absolute Gasteiger partial charge is 0.258 e. The van der Waals surface area contributed by atoms with E-state index in [1.165, 1.54) is 21.8 Å². The molecule has 0 amide bonds. The van der Waals surface area contributed by atoms with Crippen molar-refractivity contribution < 1.29 is 4.74 Å². The zero-order chi connectivity index (χ0) is 9.26. The molecule has 5 heteroatoms. The summed E-state index contributed by atoms with van der Waals surface area (Å²) >= 11 is 1.44. The summed E-state index contributed by atoms with van der Waals surface area (Å²) in [6, 6.07) is 1.49. The van der Waals surface area contributed by atoms with Gasteiger partial charge in [0.2, 0.25) is 0 Å². The predicted molar refractivity (Wildman–Crippen MR) is 50.1 cm³/mol. The lowest BCUT2D eigenvalue weighted by Crippen LogP contribution is -2.13. The van der Waals surface area contributed by atoms with E-state index < -0.39 is 0 Å². The lowest BCUT2D eigenvalue weighted by Gasteiger charge is -1.97. The van der Waals surface area contributed by atoms with Gasteiger partial charge in [-0.1, -0.05) is 0 Å². The summed E-state index contributed by atoms with van der Waals surface area (Å²) in [6.07, 6.45) is 1.71. The van der Waals surface area contributed by atoms with Crippen molar-refractivity contribution in [2.45, 2.75) is 6.61 Å². The fraction of sp³-hybridized carbons (Fsp3) is 0.250. The van der Waals surface area contributed by atoms with Crippen molar-refractivity contribution in [2.75, 3.05) is 7.11 Å². The molecule has 2 aromatic rings. The second-order valence-corrected chi connectivity index (χ2v) is 3.45. The van der Waals surface area contributed by atoms with Crippen LogP contribution in [0.3, 0.4) is 0 Å². The molecule has 2 heterocycles. The number of ether oxygens (including phenoxy) is 1. The van der Waals surface area contributed by atoms with Gasteiger partial charge >= 0.3 is 0 Å². The van der Waals surface area contributed by atoms with Crippen molar-refractivity contribution in [3.05, 3.63) is 33.7 Å².